The van der Waals surface area contributed by atoms with E-state index >= 15 is 0 Å². The number of alkyl halides is 1. The SMILES string of the molecule is Cc1ccc(Oc2ccc3c(c2)CCC3)c(CBr)c1. The molecule has 2 heteroatoms. The molecule has 0 fully saturated rings. The highest BCUT2D eigenvalue weighted by Gasteiger charge is 2.12. The van der Waals surface area contributed by atoms with Gasteiger partial charge in [0.15, 0.2) is 0 Å². The molecule has 1 aliphatic carbocycles. The van der Waals surface area contributed by atoms with E-state index < -0.39 is 0 Å². The Morgan fingerprint density at radius 2 is 1.89 bits per heavy atom. The van der Waals surface area contributed by atoms with E-state index in [0.29, 0.717) is 0 Å². The molecule has 3 rings (SSSR count). The molecule has 0 unspecified atom stereocenters. The maximum atomic E-state index is 6.05. The highest BCUT2D eigenvalue weighted by atomic mass is 79.9. The van der Waals surface area contributed by atoms with Gasteiger partial charge in [-0.3, -0.25) is 0 Å². The molecule has 19 heavy (non-hydrogen) atoms. The van der Waals surface area contributed by atoms with Crippen molar-refractivity contribution < 1.29 is 4.74 Å². The Morgan fingerprint density at radius 1 is 1.05 bits per heavy atom. The van der Waals surface area contributed by atoms with Crippen molar-refractivity contribution in [2.75, 3.05) is 0 Å². The van der Waals surface area contributed by atoms with E-state index in [2.05, 4.69) is 59.3 Å². The summed E-state index contributed by atoms with van der Waals surface area (Å²) in [5.74, 6) is 1.90. The first-order valence-corrected chi connectivity index (χ1v) is 7.83. The lowest BCUT2D eigenvalue weighted by Gasteiger charge is -2.11. The van der Waals surface area contributed by atoms with Gasteiger partial charge in [-0.1, -0.05) is 39.7 Å². The number of aryl methyl sites for hydroxylation is 3. The minimum Gasteiger partial charge on any atom is -0.457 e. The van der Waals surface area contributed by atoms with Crippen molar-refractivity contribution in [2.45, 2.75) is 31.5 Å². The molecule has 0 saturated carbocycles. The third-order valence-electron chi connectivity index (χ3n) is 3.66. The maximum Gasteiger partial charge on any atom is 0.131 e. The van der Waals surface area contributed by atoms with E-state index in [-0.39, 0.29) is 0 Å². The van der Waals surface area contributed by atoms with Crippen LogP contribution < -0.4 is 4.74 Å². The topological polar surface area (TPSA) is 9.23 Å². The molecule has 0 saturated heterocycles. The van der Waals surface area contributed by atoms with Gasteiger partial charge in [0.25, 0.3) is 0 Å². The fourth-order valence-electron chi connectivity index (χ4n) is 2.65. The highest BCUT2D eigenvalue weighted by Crippen LogP contribution is 2.31. The van der Waals surface area contributed by atoms with Crippen LogP contribution in [0.1, 0.15) is 28.7 Å². The smallest absolute Gasteiger partial charge is 0.131 e. The van der Waals surface area contributed by atoms with Crippen LogP contribution in [0.5, 0.6) is 11.5 Å². The number of fused-ring (bicyclic) bond motifs is 1. The molecular weight excluding hydrogens is 300 g/mol. The largest absolute Gasteiger partial charge is 0.457 e. The molecule has 0 heterocycles. The van der Waals surface area contributed by atoms with E-state index in [9.17, 15) is 0 Å². The lowest BCUT2D eigenvalue weighted by atomic mass is 10.1. The van der Waals surface area contributed by atoms with Crippen molar-refractivity contribution in [2.24, 2.45) is 0 Å². The van der Waals surface area contributed by atoms with Crippen LogP contribution in [0.15, 0.2) is 36.4 Å². The molecule has 1 aliphatic rings. The minimum absolute atomic E-state index is 0.814. The predicted octanol–water partition coefficient (Wildman–Crippen LogP) is 5.17. The van der Waals surface area contributed by atoms with Crippen LogP contribution in [0.2, 0.25) is 0 Å². The number of hydrogen-bond acceptors (Lipinski definition) is 1. The van der Waals surface area contributed by atoms with Crippen LogP contribution in [-0.4, -0.2) is 0 Å². The highest BCUT2D eigenvalue weighted by molar-refractivity contribution is 9.08. The van der Waals surface area contributed by atoms with E-state index in [1.54, 1.807) is 0 Å². The Bertz CT molecular complexity index is 604. The van der Waals surface area contributed by atoms with Crippen LogP contribution in [0.4, 0.5) is 0 Å². The van der Waals surface area contributed by atoms with Crippen LogP contribution in [0, 0.1) is 6.92 Å². The van der Waals surface area contributed by atoms with Gasteiger partial charge in [-0.05, 0) is 55.5 Å². The van der Waals surface area contributed by atoms with E-state index in [0.717, 1.165) is 16.8 Å². The molecule has 0 atom stereocenters. The summed E-state index contributed by atoms with van der Waals surface area (Å²) >= 11 is 3.53. The number of benzene rings is 2. The second-order valence-electron chi connectivity index (χ2n) is 5.13. The molecule has 2 aromatic rings. The number of halogens is 1. The quantitative estimate of drug-likeness (QED) is 0.710. The monoisotopic (exact) mass is 316 g/mol. The fourth-order valence-corrected chi connectivity index (χ4v) is 3.09. The Morgan fingerprint density at radius 3 is 2.74 bits per heavy atom. The lowest BCUT2D eigenvalue weighted by molar-refractivity contribution is 0.478. The average molecular weight is 317 g/mol. The van der Waals surface area contributed by atoms with Crippen LogP contribution >= 0.6 is 15.9 Å². The van der Waals surface area contributed by atoms with Gasteiger partial charge in [-0.25, -0.2) is 0 Å². The number of ether oxygens (including phenoxy) is 1. The molecule has 1 nitrogen and oxygen atoms in total. The standard InChI is InChI=1S/C17H17BrO/c1-12-5-8-17(15(9-12)11-18)19-16-7-6-13-3-2-4-14(13)10-16/h5-10H,2-4,11H2,1H3. The lowest BCUT2D eigenvalue weighted by Crippen LogP contribution is -1.92. The predicted molar refractivity (Wildman–Crippen MR) is 82.4 cm³/mol. The molecule has 0 amide bonds. The molecule has 0 radical (unpaired) electrons. The summed E-state index contributed by atoms with van der Waals surface area (Å²) in [7, 11) is 0. The first kappa shape index (κ1) is 12.7. The Balaban J connectivity index is 1.89. The summed E-state index contributed by atoms with van der Waals surface area (Å²) in [6.45, 7) is 2.10. The molecular formula is C17H17BrO. The summed E-state index contributed by atoms with van der Waals surface area (Å²) in [5.41, 5.74) is 5.39. The molecule has 0 bridgehead atoms. The number of rotatable bonds is 3. The molecule has 98 valence electrons. The summed E-state index contributed by atoms with van der Waals surface area (Å²) in [5, 5.41) is 0.814. The van der Waals surface area contributed by atoms with Crippen molar-refractivity contribution in [3.63, 3.8) is 0 Å². The molecule has 0 spiro atoms. The van der Waals surface area contributed by atoms with Crippen molar-refractivity contribution in [3.8, 4) is 11.5 Å². The van der Waals surface area contributed by atoms with Crippen molar-refractivity contribution in [1.29, 1.82) is 0 Å². The first-order valence-electron chi connectivity index (χ1n) is 6.71. The van der Waals surface area contributed by atoms with Crippen molar-refractivity contribution in [1.82, 2.24) is 0 Å². The zero-order chi connectivity index (χ0) is 13.2. The second-order valence-corrected chi connectivity index (χ2v) is 5.69. The normalized spacial score (nSPS) is 13.4. The third kappa shape index (κ3) is 2.69. The maximum absolute atomic E-state index is 6.05. The Hall–Kier alpha value is -1.28. The van der Waals surface area contributed by atoms with Gasteiger partial charge < -0.3 is 4.74 Å². The molecule has 2 aromatic carbocycles. The van der Waals surface area contributed by atoms with Crippen molar-refractivity contribution in [3.05, 3.63) is 58.7 Å². The Labute approximate surface area is 122 Å². The summed E-state index contributed by atoms with van der Waals surface area (Å²) < 4.78 is 6.05. The van der Waals surface area contributed by atoms with Gasteiger partial charge in [-0.2, -0.15) is 0 Å². The summed E-state index contributed by atoms with van der Waals surface area (Å²) in [6.07, 6.45) is 3.68. The van der Waals surface area contributed by atoms with E-state index in [1.165, 1.54) is 41.5 Å². The van der Waals surface area contributed by atoms with E-state index in [1.807, 2.05) is 0 Å². The second kappa shape index (κ2) is 5.38. The third-order valence-corrected chi connectivity index (χ3v) is 4.26. The zero-order valence-corrected chi connectivity index (χ0v) is 12.7. The molecule has 0 N–H and O–H groups in total. The van der Waals surface area contributed by atoms with Gasteiger partial charge in [0, 0.05) is 10.9 Å². The van der Waals surface area contributed by atoms with E-state index in [4.69, 9.17) is 4.74 Å². The summed E-state index contributed by atoms with van der Waals surface area (Å²) in [4.78, 5) is 0. The van der Waals surface area contributed by atoms with Crippen LogP contribution in [0.3, 0.4) is 0 Å². The van der Waals surface area contributed by atoms with Gasteiger partial charge in [-0.15, -0.1) is 0 Å². The molecule has 0 aromatic heterocycles. The number of hydrogen-bond donors (Lipinski definition) is 0. The minimum atomic E-state index is 0.814. The Kier molecular flexibility index (Phi) is 3.61. The summed E-state index contributed by atoms with van der Waals surface area (Å²) in [6, 6.07) is 12.8. The zero-order valence-electron chi connectivity index (χ0n) is 11.1. The van der Waals surface area contributed by atoms with Crippen LogP contribution in [0.25, 0.3) is 0 Å². The van der Waals surface area contributed by atoms with Crippen molar-refractivity contribution >= 4 is 15.9 Å². The average Bonchev–Trinajstić information content (AvgIpc) is 2.88. The van der Waals surface area contributed by atoms with Gasteiger partial charge in [0.2, 0.25) is 0 Å². The van der Waals surface area contributed by atoms with Crippen LogP contribution in [-0.2, 0) is 18.2 Å². The first-order chi connectivity index (χ1) is 9.26. The fraction of sp³-hybridized carbons (Fsp3) is 0.294. The molecule has 0 aliphatic heterocycles. The van der Waals surface area contributed by atoms with Gasteiger partial charge in [0.1, 0.15) is 11.5 Å². The van der Waals surface area contributed by atoms with Gasteiger partial charge in [0.05, 0.1) is 0 Å². The van der Waals surface area contributed by atoms with Gasteiger partial charge >= 0.3 is 0 Å².